The number of aromatic nitrogens is 1. The van der Waals surface area contributed by atoms with Gasteiger partial charge in [-0.25, -0.2) is 4.79 Å². The summed E-state index contributed by atoms with van der Waals surface area (Å²) in [7, 11) is 2.88. The molecule has 1 heterocycles. The first kappa shape index (κ1) is 22.0. The highest BCUT2D eigenvalue weighted by molar-refractivity contribution is 9.11. The molecule has 2 rings (SSSR count). The van der Waals surface area contributed by atoms with Crippen LogP contribution in [0.3, 0.4) is 0 Å². The van der Waals surface area contributed by atoms with E-state index in [-0.39, 0.29) is 12.3 Å². The minimum absolute atomic E-state index is 0.247. The number of hydrogen-bond donors (Lipinski definition) is 1. The van der Waals surface area contributed by atoms with Crippen molar-refractivity contribution in [2.75, 3.05) is 14.2 Å². The van der Waals surface area contributed by atoms with Gasteiger partial charge in [0.2, 0.25) is 5.91 Å². The second-order valence-electron chi connectivity index (χ2n) is 5.75. The number of nitrogens with zero attached hydrogens (tertiary/aromatic N) is 1. The number of rotatable bonds is 7. The predicted molar refractivity (Wildman–Crippen MR) is 115 cm³/mol. The van der Waals surface area contributed by atoms with Crippen LogP contribution in [0.5, 0.6) is 5.75 Å². The normalized spacial score (nSPS) is 11.9. The van der Waals surface area contributed by atoms with E-state index in [0.717, 1.165) is 30.0 Å². The Hall–Kier alpha value is -1.32. The molecule has 1 atom stereocenters. The Morgan fingerprint density at radius 3 is 2.52 bits per heavy atom. The van der Waals surface area contributed by atoms with Crippen molar-refractivity contribution in [3.8, 4) is 5.75 Å². The lowest BCUT2D eigenvalue weighted by Gasteiger charge is -2.16. The summed E-state index contributed by atoms with van der Waals surface area (Å²) in [6, 6.07) is 1.13. The SMILES string of the molecule is C=CCn1c(Br)c(C[C@H](NC(C)=O)C(=O)OC)c2c(Br)c(OC)c(Br)cc21. The molecule has 1 aromatic heterocycles. The molecule has 0 aliphatic heterocycles. The average molecular weight is 567 g/mol. The van der Waals surface area contributed by atoms with E-state index in [1.54, 1.807) is 13.2 Å². The molecular weight excluding hydrogens is 548 g/mol. The lowest BCUT2D eigenvalue weighted by molar-refractivity contribution is -0.144. The van der Waals surface area contributed by atoms with Crippen molar-refractivity contribution in [2.45, 2.75) is 25.9 Å². The third-order valence-corrected chi connectivity index (χ3v) is 6.27. The van der Waals surface area contributed by atoms with Gasteiger partial charge in [-0.15, -0.1) is 6.58 Å². The van der Waals surface area contributed by atoms with Crippen molar-refractivity contribution in [1.82, 2.24) is 9.88 Å². The minimum Gasteiger partial charge on any atom is -0.494 e. The van der Waals surface area contributed by atoms with Crippen molar-refractivity contribution in [3.05, 3.63) is 37.8 Å². The van der Waals surface area contributed by atoms with Crippen LogP contribution in [0.15, 0.2) is 32.3 Å². The molecule has 9 heteroatoms. The van der Waals surface area contributed by atoms with Crippen LogP contribution in [0.2, 0.25) is 0 Å². The number of nitrogens with one attached hydrogen (secondary N) is 1. The van der Waals surface area contributed by atoms with Crippen molar-refractivity contribution < 1.29 is 19.1 Å². The fourth-order valence-electron chi connectivity index (χ4n) is 2.93. The zero-order chi connectivity index (χ0) is 20.3. The molecule has 1 N–H and O–H groups in total. The molecule has 0 fully saturated rings. The maximum Gasteiger partial charge on any atom is 0.328 e. The highest BCUT2D eigenvalue weighted by Crippen LogP contribution is 2.44. The summed E-state index contributed by atoms with van der Waals surface area (Å²) >= 11 is 10.8. The van der Waals surface area contributed by atoms with Crippen LogP contribution < -0.4 is 10.1 Å². The fourth-order valence-corrected chi connectivity index (χ4v) is 5.28. The molecule has 0 aliphatic carbocycles. The second kappa shape index (κ2) is 9.25. The quantitative estimate of drug-likeness (QED) is 0.400. The van der Waals surface area contributed by atoms with Crippen LogP contribution in [-0.4, -0.2) is 36.7 Å². The number of fused-ring (bicyclic) bond motifs is 1. The third kappa shape index (κ3) is 4.41. The van der Waals surface area contributed by atoms with Gasteiger partial charge < -0.3 is 19.4 Å². The van der Waals surface area contributed by atoms with Gasteiger partial charge in [0, 0.05) is 25.3 Å². The predicted octanol–water partition coefficient (Wildman–Crippen LogP) is 4.34. The number of methoxy groups -OCH3 is 2. The number of halogens is 3. The van der Waals surface area contributed by atoms with E-state index in [1.165, 1.54) is 14.0 Å². The van der Waals surface area contributed by atoms with Gasteiger partial charge >= 0.3 is 5.97 Å². The van der Waals surface area contributed by atoms with Crippen LogP contribution in [0.1, 0.15) is 12.5 Å². The molecular formula is C18H19Br3N2O4. The zero-order valence-corrected chi connectivity index (χ0v) is 19.8. The molecule has 0 unspecified atom stereocenters. The maximum atomic E-state index is 12.2. The summed E-state index contributed by atoms with van der Waals surface area (Å²) in [6.45, 7) is 5.74. The molecule has 27 heavy (non-hydrogen) atoms. The van der Waals surface area contributed by atoms with E-state index in [1.807, 2.05) is 10.6 Å². The summed E-state index contributed by atoms with van der Waals surface area (Å²) in [5, 5.41) is 3.53. The Morgan fingerprint density at radius 1 is 1.33 bits per heavy atom. The number of amides is 1. The van der Waals surface area contributed by atoms with Crippen LogP contribution >= 0.6 is 47.8 Å². The van der Waals surface area contributed by atoms with Crippen LogP contribution in [0.25, 0.3) is 10.9 Å². The molecule has 0 spiro atoms. The molecule has 0 bridgehead atoms. The minimum atomic E-state index is -0.812. The largest absolute Gasteiger partial charge is 0.494 e. The molecule has 0 aliphatic rings. The third-order valence-electron chi connectivity index (χ3n) is 4.02. The summed E-state index contributed by atoms with van der Waals surface area (Å²) in [4.78, 5) is 23.7. The number of carbonyl (C=O) groups is 2. The zero-order valence-electron chi connectivity index (χ0n) is 15.1. The Balaban J connectivity index is 2.73. The van der Waals surface area contributed by atoms with Crippen LogP contribution in [0, 0.1) is 0 Å². The highest BCUT2D eigenvalue weighted by Gasteiger charge is 2.27. The van der Waals surface area contributed by atoms with Crippen molar-refractivity contribution >= 4 is 70.6 Å². The Morgan fingerprint density at radius 2 is 2.00 bits per heavy atom. The van der Waals surface area contributed by atoms with Gasteiger partial charge in [0.25, 0.3) is 0 Å². The molecule has 0 saturated carbocycles. The number of carbonyl (C=O) groups excluding carboxylic acids is 2. The van der Waals surface area contributed by atoms with Gasteiger partial charge in [-0.05, 0) is 59.4 Å². The molecule has 0 saturated heterocycles. The molecule has 1 aromatic carbocycles. The van der Waals surface area contributed by atoms with Gasteiger partial charge in [0.05, 0.1) is 33.3 Å². The standard InChI is InChI=1S/C18H19Br3N2O4/c1-5-6-23-13-8-11(19)16(26-3)15(20)14(13)10(17(23)21)7-12(18(25)27-4)22-9(2)24/h5,8,12H,1,6-7H2,2-4H3,(H,22,24)/t12-/m0/s1. The topological polar surface area (TPSA) is 69.6 Å². The second-order valence-corrected chi connectivity index (χ2v) is 8.15. The monoisotopic (exact) mass is 564 g/mol. The molecule has 146 valence electrons. The van der Waals surface area contributed by atoms with Gasteiger partial charge in [0.1, 0.15) is 11.8 Å². The number of benzene rings is 1. The van der Waals surface area contributed by atoms with Crippen molar-refractivity contribution in [1.29, 1.82) is 0 Å². The first-order chi connectivity index (χ1) is 12.8. The number of hydrogen-bond acceptors (Lipinski definition) is 4. The Kier molecular flexibility index (Phi) is 7.53. The van der Waals surface area contributed by atoms with Crippen LogP contribution in [0.4, 0.5) is 0 Å². The number of allylic oxidation sites excluding steroid dienone is 1. The van der Waals surface area contributed by atoms with E-state index in [0.29, 0.717) is 12.3 Å². The van der Waals surface area contributed by atoms with E-state index < -0.39 is 12.0 Å². The van der Waals surface area contributed by atoms with Gasteiger partial charge in [-0.2, -0.15) is 0 Å². The molecule has 0 radical (unpaired) electrons. The number of esters is 1. The summed E-state index contributed by atoms with van der Waals surface area (Å²) in [5.74, 6) is -0.182. The van der Waals surface area contributed by atoms with E-state index in [9.17, 15) is 9.59 Å². The highest BCUT2D eigenvalue weighted by atomic mass is 79.9. The fraction of sp³-hybridized carbons (Fsp3) is 0.333. The Bertz CT molecular complexity index is 908. The summed E-state index contributed by atoms with van der Waals surface area (Å²) in [5.41, 5.74) is 1.76. The lowest BCUT2D eigenvalue weighted by atomic mass is 10.0. The van der Waals surface area contributed by atoms with Crippen LogP contribution in [-0.2, 0) is 27.3 Å². The maximum absolute atomic E-state index is 12.2. The van der Waals surface area contributed by atoms with Crippen molar-refractivity contribution in [3.63, 3.8) is 0 Å². The average Bonchev–Trinajstić information content (AvgIpc) is 2.86. The van der Waals surface area contributed by atoms with Gasteiger partial charge in [0.15, 0.2) is 0 Å². The first-order valence-electron chi connectivity index (χ1n) is 7.95. The van der Waals surface area contributed by atoms with E-state index in [4.69, 9.17) is 9.47 Å². The molecule has 1 amide bonds. The smallest absolute Gasteiger partial charge is 0.328 e. The molecule has 2 aromatic rings. The summed E-state index contributed by atoms with van der Waals surface area (Å²) < 4.78 is 14.7. The van der Waals surface area contributed by atoms with E-state index >= 15 is 0 Å². The van der Waals surface area contributed by atoms with Gasteiger partial charge in [-0.3, -0.25) is 4.79 Å². The van der Waals surface area contributed by atoms with Crippen molar-refractivity contribution in [2.24, 2.45) is 0 Å². The van der Waals surface area contributed by atoms with E-state index in [2.05, 4.69) is 59.7 Å². The lowest BCUT2D eigenvalue weighted by Crippen LogP contribution is -2.42. The number of ether oxygens (including phenoxy) is 2. The molecule has 6 nitrogen and oxygen atoms in total. The first-order valence-corrected chi connectivity index (χ1v) is 10.3. The Labute approximate surface area is 182 Å². The summed E-state index contributed by atoms with van der Waals surface area (Å²) in [6.07, 6.45) is 2.03. The van der Waals surface area contributed by atoms with Gasteiger partial charge in [-0.1, -0.05) is 6.08 Å².